The Morgan fingerprint density at radius 3 is 2.13 bits per heavy atom. The molecule has 3 aromatic rings. The van der Waals surface area contributed by atoms with Crippen LogP contribution in [0.3, 0.4) is 0 Å². The zero-order valence-corrected chi connectivity index (χ0v) is 20.5. The van der Waals surface area contributed by atoms with E-state index in [9.17, 15) is 13.0 Å². The number of nitrogens with zero attached hydrogens (tertiary/aromatic N) is 2. The lowest BCUT2D eigenvalue weighted by molar-refractivity contribution is -0.677. The van der Waals surface area contributed by atoms with Gasteiger partial charge in [-0.05, 0) is 36.6 Å². The van der Waals surface area contributed by atoms with Crippen LogP contribution in [0.2, 0.25) is 0 Å². The van der Waals surface area contributed by atoms with Gasteiger partial charge in [0.05, 0.1) is 18.5 Å². The fourth-order valence-corrected chi connectivity index (χ4v) is 3.45. The van der Waals surface area contributed by atoms with Crippen LogP contribution in [-0.2, 0) is 29.0 Å². The van der Waals surface area contributed by atoms with Crippen molar-refractivity contribution in [2.75, 3.05) is 0 Å². The Hall–Kier alpha value is -1.96. The highest BCUT2D eigenvalue weighted by molar-refractivity contribution is 9.08. The van der Waals surface area contributed by atoms with Crippen molar-refractivity contribution in [2.24, 2.45) is 7.05 Å². The molecule has 0 spiro atoms. The molecule has 0 atom stereocenters. The molecule has 3 rings (SSSR count). The Bertz CT molecular complexity index is 987. The van der Waals surface area contributed by atoms with Gasteiger partial charge in [-0.2, -0.15) is 0 Å². The SMILES string of the molecule is BrCc1ccccc1.CCCCn1cc[n+](C)c1C.Cc1cccc(S(=O)(=O)[O-])c1. The standard InChI is InChI=1S/C9H17N2.C7H7Br.C7H8O3S/c1-4-5-6-11-8-7-10(3)9(11)2;8-6-7-4-2-1-3-5-7;1-6-3-2-4-7(5-6)11(8,9)10/h7-8H,4-6H2,1-3H3;1-5H,6H2;2-5H,1H3,(H,8,9,10)/q+1;;/p-1. The molecule has 1 heterocycles. The summed E-state index contributed by atoms with van der Waals surface area (Å²) in [5.74, 6) is 1.33. The quantitative estimate of drug-likeness (QED) is 0.287. The first-order chi connectivity index (χ1) is 14.2. The van der Waals surface area contributed by atoms with Crippen LogP contribution in [0, 0.1) is 13.8 Å². The first-order valence-corrected chi connectivity index (χ1v) is 12.4. The summed E-state index contributed by atoms with van der Waals surface area (Å²) in [5, 5.41) is 0.952. The van der Waals surface area contributed by atoms with Crippen molar-refractivity contribution in [3.63, 3.8) is 0 Å². The average molecular weight is 495 g/mol. The molecule has 5 nitrogen and oxygen atoms in total. The number of aryl methyl sites for hydroxylation is 3. The molecule has 0 aliphatic heterocycles. The smallest absolute Gasteiger partial charge is 0.253 e. The molecule has 0 aliphatic carbocycles. The maximum Gasteiger partial charge on any atom is 0.253 e. The molecule has 0 bridgehead atoms. The van der Waals surface area contributed by atoms with Crippen molar-refractivity contribution in [1.82, 2.24) is 4.57 Å². The van der Waals surface area contributed by atoms with Crippen molar-refractivity contribution in [3.8, 4) is 0 Å². The number of imidazole rings is 1. The molecular formula is C23H31BrN2O3S. The first-order valence-electron chi connectivity index (χ1n) is 9.82. The number of unbranched alkanes of at least 4 members (excludes halogenated alkanes) is 1. The maximum absolute atomic E-state index is 10.4. The van der Waals surface area contributed by atoms with Crippen molar-refractivity contribution in [3.05, 3.63) is 83.9 Å². The molecule has 164 valence electrons. The summed E-state index contributed by atoms with van der Waals surface area (Å²) in [6.45, 7) is 7.26. The van der Waals surface area contributed by atoms with E-state index in [-0.39, 0.29) is 4.90 Å². The number of halogens is 1. The molecular weight excluding hydrogens is 464 g/mol. The fraction of sp³-hybridized carbons (Fsp3) is 0.348. The molecule has 0 unspecified atom stereocenters. The van der Waals surface area contributed by atoms with Gasteiger partial charge in [-0.15, -0.1) is 0 Å². The van der Waals surface area contributed by atoms with Crippen LogP contribution in [0.4, 0.5) is 0 Å². The highest BCUT2D eigenvalue weighted by Crippen LogP contribution is 2.09. The van der Waals surface area contributed by atoms with Gasteiger partial charge in [0.1, 0.15) is 22.5 Å². The van der Waals surface area contributed by atoms with Gasteiger partial charge in [0.2, 0.25) is 0 Å². The number of rotatable bonds is 5. The van der Waals surface area contributed by atoms with Gasteiger partial charge < -0.3 is 4.55 Å². The lowest BCUT2D eigenvalue weighted by atomic mass is 10.2. The van der Waals surface area contributed by atoms with Gasteiger partial charge in [0, 0.05) is 12.3 Å². The van der Waals surface area contributed by atoms with E-state index in [4.69, 9.17) is 0 Å². The predicted octanol–water partition coefficient (Wildman–Crippen LogP) is 4.90. The zero-order valence-electron chi connectivity index (χ0n) is 18.1. The minimum Gasteiger partial charge on any atom is -0.744 e. The summed E-state index contributed by atoms with van der Waals surface area (Å²) < 4.78 is 35.7. The summed E-state index contributed by atoms with van der Waals surface area (Å²) in [6.07, 6.45) is 6.78. The Morgan fingerprint density at radius 1 is 1.07 bits per heavy atom. The third-order valence-electron chi connectivity index (χ3n) is 4.42. The fourth-order valence-electron chi connectivity index (χ4n) is 2.50. The summed E-state index contributed by atoms with van der Waals surface area (Å²) in [6, 6.07) is 16.2. The van der Waals surface area contributed by atoms with E-state index in [1.807, 2.05) is 18.2 Å². The lowest BCUT2D eigenvalue weighted by Gasteiger charge is -2.06. The molecule has 0 aliphatic rings. The van der Waals surface area contributed by atoms with Crippen LogP contribution in [0.25, 0.3) is 0 Å². The van der Waals surface area contributed by atoms with Gasteiger partial charge in [0.15, 0.2) is 0 Å². The number of hydrogen-bond donors (Lipinski definition) is 0. The molecule has 0 saturated heterocycles. The Labute approximate surface area is 189 Å². The van der Waals surface area contributed by atoms with Gasteiger partial charge >= 0.3 is 0 Å². The van der Waals surface area contributed by atoms with Crippen LogP contribution in [-0.4, -0.2) is 17.5 Å². The van der Waals surface area contributed by atoms with Crippen molar-refractivity contribution < 1.29 is 17.5 Å². The van der Waals surface area contributed by atoms with Crippen LogP contribution >= 0.6 is 15.9 Å². The maximum atomic E-state index is 10.4. The van der Waals surface area contributed by atoms with E-state index in [1.165, 1.54) is 36.4 Å². The van der Waals surface area contributed by atoms with Gasteiger partial charge in [-0.1, -0.05) is 71.7 Å². The first kappa shape index (κ1) is 26.1. The highest BCUT2D eigenvalue weighted by atomic mass is 79.9. The van der Waals surface area contributed by atoms with Crippen molar-refractivity contribution in [1.29, 1.82) is 0 Å². The average Bonchev–Trinajstić information content (AvgIpc) is 3.05. The lowest BCUT2D eigenvalue weighted by Crippen LogP contribution is -2.29. The van der Waals surface area contributed by atoms with Crippen LogP contribution in [0.5, 0.6) is 0 Å². The monoisotopic (exact) mass is 494 g/mol. The van der Waals surface area contributed by atoms with E-state index in [0.717, 1.165) is 17.4 Å². The van der Waals surface area contributed by atoms with E-state index < -0.39 is 10.1 Å². The molecule has 0 radical (unpaired) electrons. The molecule has 0 fully saturated rings. The Balaban J connectivity index is 0.000000228. The highest BCUT2D eigenvalue weighted by Gasteiger charge is 2.06. The Kier molecular flexibility index (Phi) is 11.6. The number of hydrogen-bond acceptors (Lipinski definition) is 3. The van der Waals surface area contributed by atoms with Crippen LogP contribution in [0.1, 0.15) is 36.7 Å². The molecule has 1 aromatic heterocycles. The molecule has 0 amide bonds. The number of aromatic nitrogens is 2. The second kappa shape index (κ2) is 13.4. The molecule has 7 heteroatoms. The second-order valence-electron chi connectivity index (χ2n) is 6.89. The summed E-state index contributed by atoms with van der Waals surface area (Å²) in [7, 11) is -2.19. The van der Waals surface area contributed by atoms with Gasteiger partial charge in [-0.3, -0.25) is 0 Å². The molecule has 0 saturated carbocycles. The van der Waals surface area contributed by atoms with Crippen LogP contribution in [0.15, 0.2) is 71.9 Å². The minimum atomic E-state index is -4.28. The third kappa shape index (κ3) is 9.69. The molecule has 0 N–H and O–H groups in total. The van der Waals surface area contributed by atoms with E-state index in [0.29, 0.717) is 0 Å². The largest absolute Gasteiger partial charge is 0.744 e. The topological polar surface area (TPSA) is 66.0 Å². The number of alkyl halides is 1. The summed E-state index contributed by atoms with van der Waals surface area (Å²) in [5.41, 5.74) is 2.09. The van der Waals surface area contributed by atoms with E-state index >= 15 is 0 Å². The number of benzene rings is 2. The molecule has 2 aromatic carbocycles. The normalized spacial score (nSPS) is 10.5. The summed E-state index contributed by atoms with van der Waals surface area (Å²) >= 11 is 3.36. The Morgan fingerprint density at radius 2 is 1.73 bits per heavy atom. The van der Waals surface area contributed by atoms with Crippen LogP contribution < -0.4 is 4.57 Å². The van der Waals surface area contributed by atoms with Gasteiger partial charge in [0.25, 0.3) is 5.82 Å². The van der Waals surface area contributed by atoms with E-state index in [2.05, 4.69) is 70.5 Å². The van der Waals surface area contributed by atoms with E-state index in [1.54, 1.807) is 19.1 Å². The van der Waals surface area contributed by atoms with Crippen molar-refractivity contribution in [2.45, 2.75) is 50.4 Å². The zero-order chi connectivity index (χ0) is 22.6. The second-order valence-corrected chi connectivity index (χ2v) is 8.83. The predicted molar refractivity (Wildman–Crippen MR) is 123 cm³/mol. The molecule has 30 heavy (non-hydrogen) atoms. The van der Waals surface area contributed by atoms with Crippen molar-refractivity contribution >= 4 is 26.0 Å². The third-order valence-corrected chi connectivity index (χ3v) is 5.90. The van der Waals surface area contributed by atoms with Gasteiger partial charge in [-0.25, -0.2) is 17.6 Å². The summed E-state index contributed by atoms with van der Waals surface area (Å²) in [4.78, 5) is -0.169. The minimum absolute atomic E-state index is 0.169.